The molecule has 1 aromatic carbocycles. The van der Waals surface area contributed by atoms with Crippen LogP contribution >= 0.6 is 0 Å². The fraction of sp³-hybridized carbons (Fsp3) is 0.250. The maximum atomic E-state index is 11.9. The number of aromatic amines is 2. The zero-order valence-corrected chi connectivity index (χ0v) is 14.9. The van der Waals surface area contributed by atoms with Crippen LogP contribution in [0.1, 0.15) is 30.1 Å². The lowest BCUT2D eigenvalue weighted by Gasteiger charge is -2.15. The van der Waals surface area contributed by atoms with Crippen LogP contribution in [0.25, 0.3) is 32.9 Å². The lowest BCUT2D eigenvalue weighted by Crippen LogP contribution is -2.19. The molecule has 1 aliphatic carbocycles. The summed E-state index contributed by atoms with van der Waals surface area (Å²) in [5, 5.41) is 12.3. The minimum absolute atomic E-state index is 0.343. The predicted octanol–water partition coefficient (Wildman–Crippen LogP) is 3.42. The van der Waals surface area contributed by atoms with Crippen molar-refractivity contribution in [2.75, 3.05) is 5.32 Å². The molecular formula is C20H20N6O. The molecule has 7 nitrogen and oxygen atoms in total. The maximum Gasteiger partial charge on any atom is 0.252 e. The summed E-state index contributed by atoms with van der Waals surface area (Å²) in [6.07, 6.45) is 7.69. The highest BCUT2D eigenvalue weighted by molar-refractivity contribution is 6.18. The Morgan fingerprint density at radius 1 is 1.30 bits per heavy atom. The molecule has 3 aromatic heterocycles. The number of primary amides is 1. The number of nitrogens with zero attached hydrogens (tertiary/aromatic N) is 2. The van der Waals surface area contributed by atoms with E-state index in [1.807, 2.05) is 12.3 Å². The van der Waals surface area contributed by atoms with Crippen molar-refractivity contribution in [1.82, 2.24) is 20.2 Å². The van der Waals surface area contributed by atoms with Gasteiger partial charge in [-0.1, -0.05) is 12.1 Å². The van der Waals surface area contributed by atoms with E-state index in [1.165, 1.54) is 12.8 Å². The van der Waals surface area contributed by atoms with Crippen LogP contribution in [0.5, 0.6) is 0 Å². The average Bonchev–Trinajstić information content (AvgIpc) is 3.23. The third-order valence-corrected chi connectivity index (χ3v) is 5.42. The van der Waals surface area contributed by atoms with Gasteiger partial charge in [0.25, 0.3) is 5.91 Å². The van der Waals surface area contributed by atoms with E-state index in [0.29, 0.717) is 17.5 Å². The lowest BCUT2D eigenvalue weighted by atomic mass is 10.1. The Bertz CT molecular complexity index is 1160. The van der Waals surface area contributed by atoms with Gasteiger partial charge >= 0.3 is 0 Å². The van der Waals surface area contributed by atoms with Crippen LogP contribution in [0, 0.1) is 5.92 Å². The van der Waals surface area contributed by atoms with E-state index in [-0.39, 0.29) is 0 Å². The Labute approximate surface area is 155 Å². The number of amides is 1. The largest absolute Gasteiger partial charge is 0.367 e. The molecule has 4 aromatic rings. The smallest absolute Gasteiger partial charge is 0.252 e. The van der Waals surface area contributed by atoms with Gasteiger partial charge in [-0.25, -0.2) is 4.98 Å². The number of H-pyrrole nitrogens is 2. The summed E-state index contributed by atoms with van der Waals surface area (Å²) in [5.41, 5.74) is 9.68. The van der Waals surface area contributed by atoms with Gasteiger partial charge in [0.1, 0.15) is 5.82 Å². The Kier molecular flexibility index (Phi) is 3.43. The number of nitrogens with one attached hydrogen (secondary N) is 3. The maximum absolute atomic E-state index is 11.9. The first-order valence-electron chi connectivity index (χ1n) is 9.12. The molecule has 1 aliphatic rings. The summed E-state index contributed by atoms with van der Waals surface area (Å²) < 4.78 is 0. The van der Waals surface area contributed by atoms with E-state index in [9.17, 15) is 4.79 Å². The number of benzene rings is 1. The quantitative estimate of drug-likeness (QED) is 0.437. The molecule has 0 unspecified atom stereocenters. The molecule has 0 saturated heterocycles. The highest BCUT2D eigenvalue weighted by Crippen LogP contribution is 2.37. The highest BCUT2D eigenvalue weighted by Gasteiger charge is 2.29. The van der Waals surface area contributed by atoms with Crippen LogP contribution < -0.4 is 11.1 Å². The third-order valence-electron chi connectivity index (χ3n) is 5.42. The van der Waals surface area contributed by atoms with Gasteiger partial charge in [0.05, 0.1) is 22.7 Å². The second-order valence-corrected chi connectivity index (χ2v) is 7.28. The van der Waals surface area contributed by atoms with Crippen LogP contribution in [0.15, 0.2) is 36.8 Å². The Morgan fingerprint density at radius 2 is 2.15 bits per heavy atom. The van der Waals surface area contributed by atoms with Gasteiger partial charge < -0.3 is 16.0 Å². The monoisotopic (exact) mass is 360 g/mol. The molecule has 1 atom stereocenters. The zero-order valence-electron chi connectivity index (χ0n) is 14.9. The first-order chi connectivity index (χ1) is 13.1. The Balaban J connectivity index is 1.72. The van der Waals surface area contributed by atoms with Gasteiger partial charge in [0.2, 0.25) is 0 Å². The van der Waals surface area contributed by atoms with Crippen molar-refractivity contribution in [3.63, 3.8) is 0 Å². The third kappa shape index (κ3) is 2.63. The number of fused-ring (bicyclic) bond motifs is 3. The molecule has 3 heterocycles. The molecule has 5 rings (SSSR count). The van der Waals surface area contributed by atoms with Gasteiger partial charge in [-0.2, -0.15) is 5.10 Å². The van der Waals surface area contributed by atoms with Crippen molar-refractivity contribution >= 4 is 33.5 Å². The molecule has 5 N–H and O–H groups in total. The summed E-state index contributed by atoms with van der Waals surface area (Å²) in [5.74, 6) is 0.989. The first kappa shape index (κ1) is 15.9. The normalized spacial score (nSPS) is 15.3. The molecule has 1 amide bonds. The zero-order chi connectivity index (χ0) is 18.5. The van der Waals surface area contributed by atoms with Crippen LogP contribution in [-0.4, -0.2) is 32.1 Å². The number of pyridine rings is 1. The Hall–Kier alpha value is -3.35. The van der Waals surface area contributed by atoms with Crippen molar-refractivity contribution in [1.29, 1.82) is 0 Å². The number of carbonyl (C=O) groups excluding carboxylic acids is 1. The lowest BCUT2D eigenvalue weighted by molar-refractivity contribution is 0.100. The van der Waals surface area contributed by atoms with Crippen LogP contribution in [0.2, 0.25) is 0 Å². The number of anilines is 1. The summed E-state index contributed by atoms with van der Waals surface area (Å²) in [4.78, 5) is 19.8. The summed E-state index contributed by atoms with van der Waals surface area (Å²) in [6.45, 7) is 2.18. The van der Waals surface area contributed by atoms with E-state index >= 15 is 0 Å². The Morgan fingerprint density at radius 3 is 2.85 bits per heavy atom. The fourth-order valence-electron chi connectivity index (χ4n) is 3.72. The fourth-order valence-corrected chi connectivity index (χ4v) is 3.72. The van der Waals surface area contributed by atoms with Crippen molar-refractivity contribution in [3.8, 4) is 11.1 Å². The molecule has 136 valence electrons. The molecule has 0 radical (unpaired) electrons. The predicted molar refractivity (Wildman–Crippen MR) is 106 cm³/mol. The summed E-state index contributed by atoms with van der Waals surface area (Å²) in [7, 11) is 0. The molecule has 7 heteroatoms. The van der Waals surface area contributed by atoms with Gasteiger partial charge in [0.15, 0.2) is 0 Å². The van der Waals surface area contributed by atoms with E-state index in [2.05, 4.69) is 44.5 Å². The first-order valence-corrected chi connectivity index (χ1v) is 9.12. The molecular weight excluding hydrogens is 340 g/mol. The minimum Gasteiger partial charge on any atom is -0.367 e. The number of carbonyl (C=O) groups is 1. The van der Waals surface area contributed by atoms with Gasteiger partial charge in [-0.3, -0.25) is 9.89 Å². The number of aromatic nitrogens is 4. The second kappa shape index (κ2) is 5.84. The number of hydrogen-bond donors (Lipinski definition) is 4. The van der Waals surface area contributed by atoms with Crippen LogP contribution in [-0.2, 0) is 0 Å². The minimum atomic E-state index is -0.490. The van der Waals surface area contributed by atoms with E-state index < -0.39 is 5.91 Å². The number of nitrogens with two attached hydrogens (primary N) is 1. The van der Waals surface area contributed by atoms with Gasteiger partial charge in [-0.15, -0.1) is 0 Å². The van der Waals surface area contributed by atoms with E-state index in [4.69, 9.17) is 5.73 Å². The van der Waals surface area contributed by atoms with Crippen LogP contribution in [0.4, 0.5) is 5.82 Å². The molecule has 1 saturated carbocycles. The average molecular weight is 360 g/mol. The summed E-state index contributed by atoms with van der Waals surface area (Å²) in [6, 6.07) is 6.50. The standard InChI is InChI=1S/C20H20N6O/c1-10(11-2-3-11)25-20-17-14-5-4-12(13-7-23-24-8-13)6-16(14)26-18(17)15(9-22-20)19(21)27/h4-11,26H,2-3H2,1H3,(H2,21,27)(H,22,25)(H,23,24)/t10-/m0/s1. The van der Waals surface area contributed by atoms with Crippen molar-refractivity contribution in [2.45, 2.75) is 25.8 Å². The van der Waals surface area contributed by atoms with Crippen molar-refractivity contribution in [2.24, 2.45) is 11.7 Å². The number of rotatable bonds is 5. The van der Waals surface area contributed by atoms with Gasteiger partial charge in [-0.05, 0) is 37.3 Å². The van der Waals surface area contributed by atoms with Crippen LogP contribution in [0.3, 0.4) is 0 Å². The van der Waals surface area contributed by atoms with Crippen molar-refractivity contribution in [3.05, 3.63) is 42.4 Å². The summed E-state index contributed by atoms with van der Waals surface area (Å²) >= 11 is 0. The molecule has 0 bridgehead atoms. The molecule has 27 heavy (non-hydrogen) atoms. The van der Waals surface area contributed by atoms with Crippen molar-refractivity contribution < 1.29 is 4.79 Å². The molecule has 1 fully saturated rings. The number of hydrogen-bond acceptors (Lipinski definition) is 4. The van der Waals surface area contributed by atoms with Gasteiger partial charge in [0, 0.05) is 34.9 Å². The van der Waals surface area contributed by atoms with E-state index in [0.717, 1.165) is 38.8 Å². The van der Waals surface area contributed by atoms with E-state index in [1.54, 1.807) is 12.4 Å². The SMILES string of the molecule is C[C@H](Nc1ncc(C(N)=O)c2[nH]c3cc(-c4cn[nH]c4)ccc3c12)C1CC1. The molecule has 0 aliphatic heterocycles. The second-order valence-electron chi connectivity index (χ2n) is 7.28. The topological polar surface area (TPSA) is 112 Å². The highest BCUT2D eigenvalue weighted by atomic mass is 16.1. The molecule has 0 spiro atoms.